The van der Waals surface area contributed by atoms with Crippen LogP contribution in [-0.4, -0.2) is 21.3 Å². The van der Waals surface area contributed by atoms with Crippen molar-refractivity contribution in [2.24, 2.45) is 10.8 Å². The lowest BCUT2D eigenvalue weighted by atomic mass is 9.88. The molecule has 1 aromatic rings. The maximum atomic E-state index is 11.2. The molecule has 0 amide bonds. The third kappa shape index (κ3) is 6.72. The van der Waals surface area contributed by atoms with E-state index in [4.69, 9.17) is 0 Å². The molecule has 1 aromatic carbocycles. The molecule has 1 aliphatic carbocycles. The topological polar surface area (TPSA) is 77.8 Å². The van der Waals surface area contributed by atoms with Crippen LogP contribution in [0.4, 0.5) is 0 Å². The molecule has 4 nitrogen and oxygen atoms in total. The lowest BCUT2D eigenvalue weighted by Crippen LogP contribution is -2.14. The van der Waals surface area contributed by atoms with Crippen molar-refractivity contribution in [1.82, 2.24) is 0 Å². The number of phenols is 2. The van der Waals surface area contributed by atoms with Crippen molar-refractivity contribution in [3.05, 3.63) is 23.3 Å². The van der Waals surface area contributed by atoms with Gasteiger partial charge >= 0.3 is 5.97 Å². The molecular weight excluding hydrogens is 352 g/mol. The van der Waals surface area contributed by atoms with Crippen molar-refractivity contribution in [3.8, 4) is 11.5 Å². The highest BCUT2D eigenvalue weighted by molar-refractivity contribution is 5.77. The number of unbranched alkanes of at least 4 members (excludes halogenated alkanes) is 4. The Morgan fingerprint density at radius 3 is 1.82 bits per heavy atom. The van der Waals surface area contributed by atoms with E-state index in [-0.39, 0.29) is 11.5 Å². The summed E-state index contributed by atoms with van der Waals surface area (Å²) in [5.74, 6) is -0.0926. The lowest BCUT2D eigenvalue weighted by Gasteiger charge is -2.18. The Morgan fingerprint density at radius 2 is 1.39 bits per heavy atom. The average Bonchev–Trinajstić information content (AvgIpc) is 3.39. The van der Waals surface area contributed by atoms with Crippen LogP contribution in [0.1, 0.15) is 96.1 Å². The first kappa shape index (κ1) is 22.6. The summed E-state index contributed by atoms with van der Waals surface area (Å²) in [5, 5.41) is 29.9. The van der Waals surface area contributed by atoms with Crippen molar-refractivity contribution in [3.63, 3.8) is 0 Å². The molecule has 0 aliphatic heterocycles. The van der Waals surface area contributed by atoms with Gasteiger partial charge in [-0.05, 0) is 68.9 Å². The second kappa shape index (κ2) is 9.67. The fraction of sp³-hybridized carbons (Fsp3) is 0.708. The van der Waals surface area contributed by atoms with E-state index in [2.05, 4.69) is 20.8 Å². The predicted molar refractivity (Wildman–Crippen MR) is 113 cm³/mol. The van der Waals surface area contributed by atoms with Gasteiger partial charge in [-0.25, -0.2) is 0 Å². The molecule has 1 aliphatic rings. The zero-order valence-corrected chi connectivity index (χ0v) is 17.9. The summed E-state index contributed by atoms with van der Waals surface area (Å²) in [5.41, 5.74) is 1.68. The van der Waals surface area contributed by atoms with Crippen LogP contribution in [0.5, 0.6) is 11.5 Å². The van der Waals surface area contributed by atoms with Crippen LogP contribution in [0.15, 0.2) is 12.1 Å². The predicted octanol–water partition coefficient (Wildman–Crippen LogP) is 6.21. The molecule has 0 aromatic heterocycles. The van der Waals surface area contributed by atoms with Crippen LogP contribution in [0.2, 0.25) is 0 Å². The lowest BCUT2D eigenvalue weighted by molar-refractivity contribution is -0.143. The number of benzene rings is 1. The van der Waals surface area contributed by atoms with Crippen LogP contribution < -0.4 is 0 Å². The highest BCUT2D eigenvalue weighted by Crippen LogP contribution is 2.50. The molecule has 0 saturated heterocycles. The number of hydrogen-bond acceptors (Lipinski definition) is 3. The minimum atomic E-state index is -0.646. The summed E-state index contributed by atoms with van der Waals surface area (Å²) in [6.45, 7) is 6.77. The van der Waals surface area contributed by atoms with E-state index in [9.17, 15) is 20.1 Å². The molecule has 0 heterocycles. The Morgan fingerprint density at radius 1 is 0.893 bits per heavy atom. The zero-order chi connectivity index (χ0) is 20.8. The Labute approximate surface area is 170 Å². The Hall–Kier alpha value is -1.71. The fourth-order valence-electron chi connectivity index (χ4n) is 4.02. The second-order valence-electron chi connectivity index (χ2n) is 9.83. The smallest absolute Gasteiger partial charge is 0.309 e. The third-order valence-corrected chi connectivity index (χ3v) is 6.12. The molecule has 2 rings (SSSR count). The minimum absolute atomic E-state index is 0.270. The monoisotopic (exact) mass is 390 g/mol. The van der Waals surface area contributed by atoms with Crippen molar-refractivity contribution < 1.29 is 20.1 Å². The maximum Gasteiger partial charge on any atom is 0.309 e. The van der Waals surface area contributed by atoms with Gasteiger partial charge in [0.05, 0.1) is 5.41 Å². The van der Waals surface area contributed by atoms with E-state index < -0.39 is 11.4 Å². The van der Waals surface area contributed by atoms with E-state index in [1.807, 2.05) is 0 Å². The number of aromatic hydroxyl groups is 2. The highest BCUT2D eigenvalue weighted by Gasteiger charge is 2.49. The van der Waals surface area contributed by atoms with Gasteiger partial charge in [0.1, 0.15) is 11.5 Å². The molecule has 1 saturated carbocycles. The molecule has 0 bridgehead atoms. The number of aliphatic carboxylic acids is 1. The Bertz CT molecular complexity index is 653. The first-order chi connectivity index (χ1) is 13.1. The third-order valence-electron chi connectivity index (χ3n) is 6.12. The van der Waals surface area contributed by atoms with E-state index in [0.29, 0.717) is 5.41 Å². The van der Waals surface area contributed by atoms with E-state index >= 15 is 0 Å². The van der Waals surface area contributed by atoms with Crippen LogP contribution in [0.3, 0.4) is 0 Å². The van der Waals surface area contributed by atoms with E-state index in [1.54, 1.807) is 12.1 Å². The standard InChI is InChI=1S/C24H38O4/c1-23(2,3)14-8-4-6-10-18-19(21(26)13-12-20(18)25)11-7-5-9-15-24(16-17-24)22(27)28/h12-13,25-26H,4-11,14-17H2,1-3H3,(H,27,28). The van der Waals surface area contributed by atoms with Gasteiger partial charge in [-0.15, -0.1) is 0 Å². The van der Waals surface area contributed by atoms with E-state index in [0.717, 1.165) is 75.3 Å². The van der Waals surface area contributed by atoms with Crippen molar-refractivity contribution in [2.45, 2.75) is 97.8 Å². The summed E-state index contributed by atoms with van der Waals surface area (Å²) in [7, 11) is 0. The maximum absolute atomic E-state index is 11.2. The van der Waals surface area contributed by atoms with Crippen molar-refractivity contribution in [1.29, 1.82) is 0 Å². The molecule has 0 spiro atoms. The van der Waals surface area contributed by atoms with Gasteiger partial charge in [0.15, 0.2) is 0 Å². The van der Waals surface area contributed by atoms with Gasteiger partial charge in [0.2, 0.25) is 0 Å². The molecule has 0 atom stereocenters. The summed E-state index contributed by atoms with van der Waals surface area (Å²) in [4.78, 5) is 11.2. The summed E-state index contributed by atoms with van der Waals surface area (Å²) >= 11 is 0. The molecule has 28 heavy (non-hydrogen) atoms. The number of hydrogen-bond donors (Lipinski definition) is 3. The largest absolute Gasteiger partial charge is 0.508 e. The Balaban J connectivity index is 1.80. The Kier molecular flexibility index (Phi) is 7.79. The van der Waals surface area contributed by atoms with Crippen molar-refractivity contribution >= 4 is 5.97 Å². The highest BCUT2D eigenvalue weighted by atomic mass is 16.4. The summed E-state index contributed by atoms with van der Waals surface area (Å²) < 4.78 is 0. The van der Waals surface area contributed by atoms with Gasteiger partial charge in [-0.3, -0.25) is 4.79 Å². The molecule has 158 valence electrons. The van der Waals surface area contributed by atoms with Gasteiger partial charge in [0, 0.05) is 11.1 Å². The van der Waals surface area contributed by atoms with Crippen LogP contribution in [0, 0.1) is 10.8 Å². The SMILES string of the molecule is CC(C)(C)CCCCCc1c(O)ccc(O)c1CCCCCC1(C(=O)O)CC1. The summed E-state index contributed by atoms with van der Waals surface area (Å²) in [6, 6.07) is 3.17. The number of phenolic OH excluding ortho intramolecular Hbond substituents is 2. The van der Waals surface area contributed by atoms with Crippen molar-refractivity contribution in [2.75, 3.05) is 0 Å². The minimum Gasteiger partial charge on any atom is -0.508 e. The molecule has 4 heteroatoms. The zero-order valence-electron chi connectivity index (χ0n) is 17.9. The number of carboxylic acid groups (broad SMARTS) is 1. The van der Waals surface area contributed by atoms with Crippen LogP contribution >= 0.6 is 0 Å². The van der Waals surface area contributed by atoms with Crippen LogP contribution in [0.25, 0.3) is 0 Å². The molecular formula is C24H38O4. The number of carbonyl (C=O) groups is 1. The normalized spacial score (nSPS) is 15.5. The average molecular weight is 391 g/mol. The first-order valence-corrected chi connectivity index (χ1v) is 10.9. The molecule has 0 unspecified atom stereocenters. The molecule has 0 radical (unpaired) electrons. The van der Waals surface area contributed by atoms with Gasteiger partial charge in [-0.1, -0.05) is 46.5 Å². The molecule has 1 fully saturated rings. The van der Waals surface area contributed by atoms with Gasteiger partial charge in [0.25, 0.3) is 0 Å². The van der Waals surface area contributed by atoms with Crippen LogP contribution in [-0.2, 0) is 17.6 Å². The van der Waals surface area contributed by atoms with E-state index in [1.165, 1.54) is 12.8 Å². The quantitative estimate of drug-likeness (QED) is 0.293. The molecule has 3 N–H and O–H groups in total. The van der Waals surface area contributed by atoms with Gasteiger partial charge < -0.3 is 15.3 Å². The van der Waals surface area contributed by atoms with Gasteiger partial charge in [-0.2, -0.15) is 0 Å². The first-order valence-electron chi connectivity index (χ1n) is 10.9. The number of carboxylic acids is 1. The number of rotatable bonds is 12. The fourth-order valence-corrected chi connectivity index (χ4v) is 4.02. The second-order valence-corrected chi connectivity index (χ2v) is 9.83. The summed E-state index contributed by atoms with van der Waals surface area (Å²) in [6.07, 6.45) is 11.2.